The third kappa shape index (κ3) is 3.72. The largest absolute Gasteiger partial charge is 0.0916 e. The van der Waals surface area contributed by atoms with E-state index in [0.717, 1.165) is 11.8 Å². The molecule has 1 atom stereocenters. The van der Waals surface area contributed by atoms with Crippen molar-refractivity contribution in [2.45, 2.75) is 17.7 Å². The number of benzene rings is 1. The lowest BCUT2D eigenvalue weighted by molar-refractivity contribution is 0.832. The molecule has 0 aliphatic carbocycles. The molecular weight excluding hydrogens is 280 g/mol. The number of aryl methyl sites for hydroxylation is 1. The van der Waals surface area contributed by atoms with Gasteiger partial charge < -0.3 is 0 Å². The Morgan fingerprint density at radius 3 is 2.42 bits per heavy atom. The Morgan fingerprint density at radius 1 is 1.17 bits per heavy atom. The quantitative estimate of drug-likeness (QED) is 0.741. The van der Waals surface area contributed by atoms with Gasteiger partial charge in [0.1, 0.15) is 0 Å². The minimum atomic E-state index is 0.595. The number of rotatable bonds is 4. The van der Waals surface area contributed by atoms with Crippen molar-refractivity contribution in [2.75, 3.05) is 5.33 Å². The average Bonchev–Trinajstić information content (AvgIpc) is 2.16. The van der Waals surface area contributed by atoms with Gasteiger partial charge in [-0.1, -0.05) is 62.2 Å². The van der Waals surface area contributed by atoms with E-state index in [0.29, 0.717) is 4.83 Å². The highest BCUT2D eigenvalue weighted by atomic mass is 79.9. The molecule has 1 rings (SSSR count). The van der Waals surface area contributed by atoms with Crippen molar-refractivity contribution >= 4 is 31.9 Å². The van der Waals surface area contributed by atoms with Gasteiger partial charge in [-0.3, -0.25) is 0 Å². The lowest BCUT2D eigenvalue weighted by atomic mass is 10.1. The van der Waals surface area contributed by atoms with Crippen LogP contribution in [0, 0.1) is 0 Å². The highest BCUT2D eigenvalue weighted by Crippen LogP contribution is 2.12. The maximum absolute atomic E-state index is 3.59. The van der Waals surface area contributed by atoms with Crippen LogP contribution in [0.15, 0.2) is 30.3 Å². The fourth-order valence-corrected chi connectivity index (χ4v) is 1.60. The Bertz CT molecular complexity index is 208. The first kappa shape index (κ1) is 10.3. The molecule has 0 aliphatic rings. The van der Waals surface area contributed by atoms with Crippen LogP contribution in [0.3, 0.4) is 0 Å². The summed E-state index contributed by atoms with van der Waals surface area (Å²) < 4.78 is 0. The molecule has 0 N–H and O–H groups in total. The third-order valence-corrected chi connectivity index (χ3v) is 4.19. The first-order valence-corrected chi connectivity index (χ1v) is 6.10. The molecule has 0 saturated heterocycles. The number of halogens is 2. The Morgan fingerprint density at radius 2 is 1.83 bits per heavy atom. The van der Waals surface area contributed by atoms with E-state index in [4.69, 9.17) is 0 Å². The average molecular weight is 292 g/mol. The fourth-order valence-electron chi connectivity index (χ4n) is 1.05. The summed E-state index contributed by atoms with van der Waals surface area (Å²) in [5.41, 5.74) is 1.42. The van der Waals surface area contributed by atoms with E-state index in [-0.39, 0.29) is 0 Å². The second-order valence-corrected chi connectivity index (χ2v) is 4.72. The van der Waals surface area contributed by atoms with Gasteiger partial charge in [0.15, 0.2) is 0 Å². The second kappa shape index (κ2) is 5.76. The monoisotopic (exact) mass is 290 g/mol. The van der Waals surface area contributed by atoms with Crippen molar-refractivity contribution in [3.63, 3.8) is 0 Å². The molecule has 0 bridgehead atoms. The van der Waals surface area contributed by atoms with Crippen LogP contribution in [0.5, 0.6) is 0 Å². The molecule has 12 heavy (non-hydrogen) atoms. The summed E-state index contributed by atoms with van der Waals surface area (Å²) in [5.74, 6) is 0. The summed E-state index contributed by atoms with van der Waals surface area (Å²) in [4.78, 5) is 0.595. The van der Waals surface area contributed by atoms with E-state index in [2.05, 4.69) is 62.2 Å². The maximum atomic E-state index is 3.59. The van der Waals surface area contributed by atoms with Gasteiger partial charge in [-0.25, -0.2) is 0 Å². The minimum absolute atomic E-state index is 0.595. The first-order chi connectivity index (χ1) is 5.83. The Kier molecular flexibility index (Phi) is 4.93. The predicted molar refractivity (Wildman–Crippen MR) is 61.3 cm³/mol. The lowest BCUT2D eigenvalue weighted by Gasteiger charge is -2.04. The summed E-state index contributed by atoms with van der Waals surface area (Å²) in [5, 5.41) is 1.03. The molecule has 1 aromatic carbocycles. The van der Waals surface area contributed by atoms with Crippen LogP contribution in [-0.2, 0) is 6.42 Å². The van der Waals surface area contributed by atoms with Crippen LogP contribution in [0.25, 0.3) is 0 Å². The van der Waals surface area contributed by atoms with Crippen LogP contribution < -0.4 is 0 Å². The van der Waals surface area contributed by atoms with Crippen molar-refractivity contribution < 1.29 is 0 Å². The molecular formula is C10H12Br2. The number of hydrogen-bond donors (Lipinski definition) is 0. The SMILES string of the molecule is BrC[C@@H](Br)CCc1ccccc1. The molecule has 0 spiro atoms. The Hall–Kier alpha value is 0.180. The molecule has 0 saturated carbocycles. The predicted octanol–water partition coefficient (Wildman–Crippen LogP) is 3.78. The normalized spacial score (nSPS) is 12.8. The van der Waals surface area contributed by atoms with E-state index < -0.39 is 0 Å². The van der Waals surface area contributed by atoms with Gasteiger partial charge >= 0.3 is 0 Å². The van der Waals surface area contributed by atoms with E-state index in [9.17, 15) is 0 Å². The van der Waals surface area contributed by atoms with Gasteiger partial charge in [-0.05, 0) is 18.4 Å². The van der Waals surface area contributed by atoms with E-state index in [1.165, 1.54) is 12.0 Å². The van der Waals surface area contributed by atoms with Crippen molar-refractivity contribution in [3.8, 4) is 0 Å². The van der Waals surface area contributed by atoms with Gasteiger partial charge in [0.2, 0.25) is 0 Å². The van der Waals surface area contributed by atoms with Crippen LogP contribution >= 0.6 is 31.9 Å². The van der Waals surface area contributed by atoms with Crippen molar-refractivity contribution in [1.82, 2.24) is 0 Å². The standard InChI is InChI=1S/C10H12Br2/c11-8-10(12)7-6-9-4-2-1-3-5-9/h1-5,10H,6-8H2/t10-/m0/s1. The Balaban J connectivity index is 2.33. The summed E-state index contributed by atoms with van der Waals surface area (Å²) >= 11 is 7.03. The second-order valence-electron chi connectivity index (χ2n) is 2.78. The van der Waals surface area contributed by atoms with E-state index in [1.807, 2.05) is 0 Å². The summed E-state index contributed by atoms with van der Waals surface area (Å²) in [6, 6.07) is 10.6. The van der Waals surface area contributed by atoms with Crippen molar-refractivity contribution in [3.05, 3.63) is 35.9 Å². The third-order valence-electron chi connectivity index (χ3n) is 1.76. The molecule has 1 aromatic rings. The maximum Gasteiger partial charge on any atom is 0.0245 e. The summed E-state index contributed by atoms with van der Waals surface area (Å²) in [6.07, 6.45) is 2.34. The van der Waals surface area contributed by atoms with Crippen molar-refractivity contribution in [1.29, 1.82) is 0 Å². The minimum Gasteiger partial charge on any atom is -0.0916 e. The molecule has 0 aliphatic heterocycles. The molecule has 0 fully saturated rings. The van der Waals surface area contributed by atoms with Crippen LogP contribution in [0.2, 0.25) is 0 Å². The topological polar surface area (TPSA) is 0 Å². The van der Waals surface area contributed by atoms with Gasteiger partial charge in [0, 0.05) is 10.2 Å². The fraction of sp³-hybridized carbons (Fsp3) is 0.400. The zero-order valence-corrected chi connectivity index (χ0v) is 10.0. The van der Waals surface area contributed by atoms with Gasteiger partial charge in [-0.15, -0.1) is 0 Å². The number of alkyl halides is 2. The van der Waals surface area contributed by atoms with Gasteiger partial charge in [0.25, 0.3) is 0 Å². The number of hydrogen-bond acceptors (Lipinski definition) is 0. The van der Waals surface area contributed by atoms with Crippen LogP contribution in [0.1, 0.15) is 12.0 Å². The molecule has 0 nitrogen and oxygen atoms in total. The Labute approximate surface area is 90.6 Å². The highest BCUT2D eigenvalue weighted by Gasteiger charge is 2.01. The van der Waals surface area contributed by atoms with Crippen molar-refractivity contribution in [2.24, 2.45) is 0 Å². The molecule has 2 heteroatoms. The molecule has 0 amide bonds. The molecule has 0 heterocycles. The molecule has 66 valence electrons. The van der Waals surface area contributed by atoms with E-state index in [1.54, 1.807) is 0 Å². The summed E-state index contributed by atoms with van der Waals surface area (Å²) in [6.45, 7) is 0. The molecule has 0 unspecified atom stereocenters. The summed E-state index contributed by atoms with van der Waals surface area (Å²) in [7, 11) is 0. The van der Waals surface area contributed by atoms with Gasteiger partial charge in [-0.2, -0.15) is 0 Å². The van der Waals surface area contributed by atoms with Gasteiger partial charge in [0.05, 0.1) is 0 Å². The highest BCUT2D eigenvalue weighted by molar-refractivity contribution is 9.12. The van der Waals surface area contributed by atoms with Crippen LogP contribution in [-0.4, -0.2) is 10.2 Å². The first-order valence-electron chi connectivity index (χ1n) is 4.07. The zero-order valence-electron chi connectivity index (χ0n) is 6.84. The zero-order chi connectivity index (χ0) is 8.81. The molecule has 0 aromatic heterocycles. The molecule has 0 radical (unpaired) electrons. The lowest BCUT2D eigenvalue weighted by Crippen LogP contribution is -2.00. The van der Waals surface area contributed by atoms with Crippen LogP contribution in [0.4, 0.5) is 0 Å². The van der Waals surface area contributed by atoms with E-state index >= 15 is 0 Å². The smallest absolute Gasteiger partial charge is 0.0245 e.